The highest BCUT2D eigenvalue weighted by Crippen LogP contribution is 2.28. The van der Waals surface area contributed by atoms with Crippen molar-refractivity contribution in [1.29, 1.82) is 0 Å². The molecule has 19 heavy (non-hydrogen) atoms. The van der Waals surface area contributed by atoms with Gasteiger partial charge in [-0.1, -0.05) is 19.3 Å². The zero-order valence-electron chi connectivity index (χ0n) is 11.0. The van der Waals surface area contributed by atoms with Crippen molar-refractivity contribution in [2.24, 2.45) is 5.92 Å². The van der Waals surface area contributed by atoms with Crippen molar-refractivity contribution in [1.82, 2.24) is 4.31 Å². The number of sulfonamides is 1. The number of hydrogen-bond donors (Lipinski definition) is 1. The Hall–Kier alpha value is -0.270. The summed E-state index contributed by atoms with van der Waals surface area (Å²) in [5, 5.41) is 9.16. The quantitative estimate of drug-likeness (QED) is 0.849. The van der Waals surface area contributed by atoms with Crippen molar-refractivity contribution in [2.45, 2.75) is 38.1 Å². The first-order valence-corrected chi connectivity index (χ1v) is 9.57. The Kier molecular flexibility index (Phi) is 5.14. The highest BCUT2D eigenvalue weighted by molar-refractivity contribution is 7.99. The Balaban J connectivity index is 2.05. The molecule has 110 valence electrons. The van der Waals surface area contributed by atoms with E-state index in [1.807, 2.05) is 0 Å². The van der Waals surface area contributed by atoms with Crippen LogP contribution < -0.4 is 0 Å². The number of nitrogens with zero attached hydrogens (tertiary/aromatic N) is 1. The summed E-state index contributed by atoms with van der Waals surface area (Å²) in [6.07, 6.45) is 5.30. The van der Waals surface area contributed by atoms with E-state index in [9.17, 15) is 13.2 Å². The van der Waals surface area contributed by atoms with Gasteiger partial charge in [0.05, 0.1) is 5.75 Å². The molecule has 1 unspecified atom stereocenters. The van der Waals surface area contributed by atoms with E-state index in [2.05, 4.69) is 0 Å². The Morgan fingerprint density at radius 1 is 1.26 bits per heavy atom. The number of rotatable bonds is 4. The maximum absolute atomic E-state index is 12.4. The van der Waals surface area contributed by atoms with Gasteiger partial charge in [0.1, 0.15) is 6.04 Å². The number of thioether (sulfide) groups is 1. The highest BCUT2D eigenvalue weighted by atomic mass is 32.2. The second-order valence-corrected chi connectivity index (χ2v) is 8.44. The van der Waals surface area contributed by atoms with Gasteiger partial charge in [0.15, 0.2) is 0 Å². The van der Waals surface area contributed by atoms with E-state index in [0.717, 1.165) is 25.7 Å². The van der Waals surface area contributed by atoms with Crippen LogP contribution >= 0.6 is 11.8 Å². The summed E-state index contributed by atoms with van der Waals surface area (Å²) in [6.45, 7) is 0.330. The zero-order valence-corrected chi connectivity index (χ0v) is 12.6. The zero-order chi connectivity index (χ0) is 13.9. The normalized spacial score (nSPS) is 27.3. The van der Waals surface area contributed by atoms with Crippen LogP contribution in [0, 0.1) is 5.92 Å². The third-order valence-corrected chi connectivity index (χ3v) is 6.96. The number of carboxylic acid groups (broad SMARTS) is 1. The molecule has 7 heteroatoms. The molecule has 0 bridgehead atoms. The van der Waals surface area contributed by atoms with E-state index in [-0.39, 0.29) is 11.7 Å². The van der Waals surface area contributed by atoms with E-state index in [0.29, 0.717) is 18.1 Å². The molecule has 1 aliphatic heterocycles. The molecular weight excluding hydrogens is 286 g/mol. The number of carboxylic acids is 1. The van der Waals surface area contributed by atoms with Crippen molar-refractivity contribution >= 4 is 27.8 Å². The minimum absolute atomic E-state index is 0.126. The average Bonchev–Trinajstić information content (AvgIpc) is 2.39. The standard InChI is InChI=1S/C12H21NO4S2/c14-12(15)11-8-18-7-6-13(11)19(16,17)9-10-4-2-1-3-5-10/h10-11H,1-9H2,(H,14,15). The van der Waals surface area contributed by atoms with E-state index in [1.165, 1.54) is 22.5 Å². The highest BCUT2D eigenvalue weighted by Gasteiger charge is 2.38. The van der Waals surface area contributed by atoms with Crippen LogP contribution in [0.3, 0.4) is 0 Å². The molecule has 0 aromatic carbocycles. The molecule has 1 atom stereocenters. The van der Waals surface area contributed by atoms with Crippen LogP contribution in [-0.2, 0) is 14.8 Å². The maximum atomic E-state index is 12.4. The van der Waals surface area contributed by atoms with Crippen molar-refractivity contribution < 1.29 is 18.3 Å². The van der Waals surface area contributed by atoms with Gasteiger partial charge in [0.25, 0.3) is 0 Å². The molecule has 0 radical (unpaired) electrons. The van der Waals surface area contributed by atoms with Gasteiger partial charge in [0, 0.05) is 18.1 Å². The summed E-state index contributed by atoms with van der Waals surface area (Å²) >= 11 is 1.51. The SMILES string of the molecule is O=C(O)C1CSCCN1S(=O)(=O)CC1CCCCC1. The third kappa shape index (κ3) is 3.86. The lowest BCUT2D eigenvalue weighted by Gasteiger charge is -2.33. The fraction of sp³-hybridized carbons (Fsp3) is 0.917. The first-order chi connectivity index (χ1) is 9.00. The molecule has 0 aromatic rings. The molecule has 0 amide bonds. The predicted molar refractivity (Wildman–Crippen MR) is 75.8 cm³/mol. The van der Waals surface area contributed by atoms with Crippen LogP contribution in [0.5, 0.6) is 0 Å². The molecule has 1 aliphatic carbocycles. The molecule has 0 aromatic heterocycles. The van der Waals surface area contributed by atoms with Crippen molar-refractivity contribution in [3.8, 4) is 0 Å². The Bertz CT molecular complexity index is 417. The van der Waals surface area contributed by atoms with Crippen LogP contribution in [0.2, 0.25) is 0 Å². The van der Waals surface area contributed by atoms with Gasteiger partial charge in [0.2, 0.25) is 10.0 Å². The van der Waals surface area contributed by atoms with Crippen molar-refractivity contribution in [3.05, 3.63) is 0 Å². The molecular formula is C12H21NO4S2. The summed E-state index contributed by atoms with van der Waals surface area (Å²) in [5.41, 5.74) is 0. The minimum Gasteiger partial charge on any atom is -0.480 e. The maximum Gasteiger partial charge on any atom is 0.322 e. The average molecular weight is 307 g/mol. The molecule has 0 spiro atoms. The first kappa shape index (κ1) is 15.1. The predicted octanol–water partition coefficient (Wildman–Crippen LogP) is 1.40. The third-order valence-electron chi connectivity index (χ3n) is 3.89. The lowest BCUT2D eigenvalue weighted by Crippen LogP contribution is -2.51. The number of carbonyl (C=O) groups is 1. The van der Waals surface area contributed by atoms with Crippen LogP contribution in [0.4, 0.5) is 0 Å². The van der Waals surface area contributed by atoms with Crippen molar-refractivity contribution in [2.75, 3.05) is 23.8 Å². The molecule has 1 saturated heterocycles. The van der Waals surface area contributed by atoms with Gasteiger partial charge >= 0.3 is 5.97 Å². The van der Waals surface area contributed by atoms with Crippen LogP contribution in [0.15, 0.2) is 0 Å². The first-order valence-electron chi connectivity index (χ1n) is 6.81. The van der Waals surface area contributed by atoms with Crippen LogP contribution in [0.25, 0.3) is 0 Å². The van der Waals surface area contributed by atoms with E-state index in [4.69, 9.17) is 5.11 Å². The fourth-order valence-electron chi connectivity index (χ4n) is 2.86. The molecule has 2 rings (SSSR count). The van der Waals surface area contributed by atoms with Gasteiger partial charge in [-0.25, -0.2) is 8.42 Å². The van der Waals surface area contributed by atoms with Gasteiger partial charge < -0.3 is 5.11 Å². The summed E-state index contributed by atoms with van der Waals surface area (Å²) in [7, 11) is -3.44. The minimum atomic E-state index is -3.44. The largest absolute Gasteiger partial charge is 0.480 e. The monoisotopic (exact) mass is 307 g/mol. The smallest absolute Gasteiger partial charge is 0.322 e. The fourth-order valence-corrected chi connectivity index (χ4v) is 6.15. The van der Waals surface area contributed by atoms with E-state index >= 15 is 0 Å². The lowest BCUT2D eigenvalue weighted by atomic mass is 9.91. The van der Waals surface area contributed by atoms with Gasteiger partial charge in [-0.05, 0) is 18.8 Å². The molecule has 1 saturated carbocycles. The Labute approximate surface area is 118 Å². The van der Waals surface area contributed by atoms with Crippen molar-refractivity contribution in [3.63, 3.8) is 0 Å². The molecule has 2 fully saturated rings. The molecule has 1 N–H and O–H groups in total. The summed E-state index contributed by atoms with van der Waals surface area (Å²) < 4.78 is 26.1. The lowest BCUT2D eigenvalue weighted by molar-refractivity contribution is -0.140. The van der Waals surface area contributed by atoms with Gasteiger partial charge in [-0.2, -0.15) is 16.1 Å². The second-order valence-electron chi connectivity index (χ2n) is 5.32. The van der Waals surface area contributed by atoms with Crippen LogP contribution in [-0.4, -0.2) is 53.6 Å². The van der Waals surface area contributed by atoms with Crippen LogP contribution in [0.1, 0.15) is 32.1 Å². The van der Waals surface area contributed by atoms with Gasteiger partial charge in [-0.15, -0.1) is 0 Å². The summed E-state index contributed by atoms with van der Waals surface area (Å²) in [4.78, 5) is 11.2. The summed E-state index contributed by atoms with van der Waals surface area (Å²) in [5.74, 6) is 0.358. The molecule has 2 aliphatic rings. The Morgan fingerprint density at radius 3 is 2.58 bits per heavy atom. The number of hydrogen-bond acceptors (Lipinski definition) is 4. The molecule has 5 nitrogen and oxygen atoms in total. The number of aliphatic carboxylic acids is 1. The second kappa shape index (κ2) is 6.45. The van der Waals surface area contributed by atoms with E-state index < -0.39 is 22.0 Å². The Morgan fingerprint density at radius 2 is 1.95 bits per heavy atom. The molecule has 1 heterocycles. The topological polar surface area (TPSA) is 74.7 Å². The van der Waals surface area contributed by atoms with E-state index in [1.54, 1.807) is 0 Å². The summed E-state index contributed by atoms with van der Waals surface area (Å²) in [6, 6.07) is -0.882. The van der Waals surface area contributed by atoms with Gasteiger partial charge in [-0.3, -0.25) is 4.79 Å².